The van der Waals surface area contributed by atoms with E-state index in [1.54, 1.807) is 41.3 Å². The summed E-state index contributed by atoms with van der Waals surface area (Å²) in [6.07, 6.45) is 6.57. The summed E-state index contributed by atoms with van der Waals surface area (Å²) in [7, 11) is 1.68. The van der Waals surface area contributed by atoms with Crippen molar-refractivity contribution in [3.8, 4) is 5.69 Å². The normalized spacial score (nSPS) is 10.7. The first kappa shape index (κ1) is 17.2. The van der Waals surface area contributed by atoms with Gasteiger partial charge in [0.1, 0.15) is 11.4 Å². The Balaban J connectivity index is 1.61. The van der Waals surface area contributed by atoms with Crippen molar-refractivity contribution < 1.29 is 14.7 Å². The number of amides is 1. The molecule has 1 amide bonds. The van der Waals surface area contributed by atoms with Gasteiger partial charge in [-0.3, -0.25) is 9.48 Å². The zero-order valence-corrected chi connectivity index (χ0v) is 13.9. The van der Waals surface area contributed by atoms with Crippen LogP contribution >= 0.6 is 0 Å². The molecule has 0 aliphatic carbocycles. The Bertz CT molecular complexity index is 905. The van der Waals surface area contributed by atoms with Gasteiger partial charge in [-0.05, 0) is 12.1 Å². The summed E-state index contributed by atoms with van der Waals surface area (Å²) < 4.78 is 3.03. The van der Waals surface area contributed by atoms with E-state index in [9.17, 15) is 9.59 Å². The van der Waals surface area contributed by atoms with Gasteiger partial charge in [-0.1, -0.05) is 10.4 Å². The van der Waals surface area contributed by atoms with E-state index in [1.807, 2.05) is 0 Å². The van der Waals surface area contributed by atoms with Gasteiger partial charge in [0.15, 0.2) is 0 Å². The van der Waals surface area contributed by atoms with Crippen molar-refractivity contribution >= 4 is 11.9 Å². The van der Waals surface area contributed by atoms with Crippen LogP contribution in [0, 0.1) is 0 Å². The number of aryl methyl sites for hydroxylation is 1. The van der Waals surface area contributed by atoms with Crippen LogP contribution < -0.4 is 0 Å². The van der Waals surface area contributed by atoms with E-state index in [2.05, 4.69) is 25.6 Å². The van der Waals surface area contributed by atoms with Gasteiger partial charge in [0.2, 0.25) is 5.91 Å². The molecule has 26 heavy (non-hydrogen) atoms. The SMILES string of the molecule is CN(Cc1cn(-c2ccnc(C(=O)O)c2)nn1)C(=O)CCn1ccnn1. The van der Waals surface area contributed by atoms with Crippen LogP contribution in [-0.4, -0.2) is 63.9 Å². The number of pyridine rings is 1. The molecule has 0 aliphatic heterocycles. The Morgan fingerprint density at radius 3 is 2.85 bits per heavy atom. The highest BCUT2D eigenvalue weighted by Gasteiger charge is 2.13. The van der Waals surface area contributed by atoms with Crippen LogP contribution in [0.3, 0.4) is 0 Å². The van der Waals surface area contributed by atoms with E-state index in [4.69, 9.17) is 5.11 Å². The number of carboxylic acid groups (broad SMARTS) is 1. The molecule has 0 aromatic carbocycles. The Kier molecular flexibility index (Phi) is 4.97. The van der Waals surface area contributed by atoms with Gasteiger partial charge >= 0.3 is 5.97 Å². The Labute approximate surface area is 147 Å². The largest absolute Gasteiger partial charge is 0.477 e. The lowest BCUT2D eigenvalue weighted by molar-refractivity contribution is -0.130. The molecule has 3 aromatic rings. The second-order valence-corrected chi connectivity index (χ2v) is 5.52. The smallest absolute Gasteiger partial charge is 0.354 e. The molecule has 0 aliphatic rings. The first-order chi connectivity index (χ1) is 12.5. The summed E-state index contributed by atoms with van der Waals surface area (Å²) in [6.45, 7) is 0.734. The van der Waals surface area contributed by atoms with Gasteiger partial charge in [0.05, 0.1) is 31.2 Å². The summed E-state index contributed by atoms with van der Waals surface area (Å²) in [6, 6.07) is 3.02. The molecule has 3 rings (SSSR count). The van der Waals surface area contributed by atoms with Gasteiger partial charge in [0.25, 0.3) is 0 Å². The summed E-state index contributed by atoms with van der Waals surface area (Å²) in [4.78, 5) is 28.5. The number of carbonyl (C=O) groups is 2. The predicted molar refractivity (Wildman–Crippen MR) is 87.2 cm³/mol. The number of rotatable bonds is 7. The lowest BCUT2D eigenvalue weighted by Gasteiger charge is -2.15. The van der Waals surface area contributed by atoms with Crippen LogP contribution in [0.4, 0.5) is 0 Å². The molecule has 0 saturated heterocycles. The van der Waals surface area contributed by atoms with E-state index in [-0.39, 0.29) is 18.1 Å². The fraction of sp³-hybridized carbons (Fsp3) is 0.267. The number of hydrogen-bond acceptors (Lipinski definition) is 7. The Morgan fingerprint density at radius 1 is 1.27 bits per heavy atom. The van der Waals surface area contributed by atoms with Crippen molar-refractivity contribution in [2.45, 2.75) is 19.5 Å². The highest BCUT2D eigenvalue weighted by Crippen LogP contribution is 2.09. The van der Waals surface area contributed by atoms with E-state index < -0.39 is 5.97 Å². The molecule has 1 N–H and O–H groups in total. The Morgan fingerprint density at radius 2 is 2.12 bits per heavy atom. The molecule has 134 valence electrons. The highest BCUT2D eigenvalue weighted by atomic mass is 16.4. The molecule has 0 atom stereocenters. The third-order valence-corrected chi connectivity index (χ3v) is 3.62. The molecule has 0 unspecified atom stereocenters. The maximum Gasteiger partial charge on any atom is 0.354 e. The van der Waals surface area contributed by atoms with Gasteiger partial charge in [-0.2, -0.15) is 0 Å². The summed E-state index contributed by atoms with van der Waals surface area (Å²) >= 11 is 0. The summed E-state index contributed by atoms with van der Waals surface area (Å²) in [5.74, 6) is -1.18. The van der Waals surface area contributed by atoms with E-state index in [1.165, 1.54) is 16.9 Å². The number of carboxylic acids is 1. The summed E-state index contributed by atoms with van der Waals surface area (Å²) in [5.41, 5.74) is 1.02. The number of aromatic carboxylic acids is 1. The van der Waals surface area contributed by atoms with E-state index in [0.717, 1.165) is 0 Å². The van der Waals surface area contributed by atoms with Crippen molar-refractivity contribution in [1.82, 2.24) is 39.9 Å². The molecule has 11 heteroatoms. The second kappa shape index (κ2) is 7.51. The fourth-order valence-corrected chi connectivity index (χ4v) is 2.26. The van der Waals surface area contributed by atoms with Crippen molar-refractivity contribution in [2.75, 3.05) is 7.05 Å². The van der Waals surface area contributed by atoms with Gasteiger partial charge in [-0.15, -0.1) is 10.2 Å². The average Bonchev–Trinajstić information content (AvgIpc) is 3.31. The second-order valence-electron chi connectivity index (χ2n) is 5.52. The number of nitrogens with zero attached hydrogens (tertiary/aromatic N) is 8. The maximum absolute atomic E-state index is 12.2. The summed E-state index contributed by atoms with van der Waals surface area (Å²) in [5, 5.41) is 24.5. The molecule has 0 spiro atoms. The standard InChI is InChI=1S/C15H16N8O3/c1-21(14(24)3-6-22-7-5-17-19-22)9-11-10-23(20-18-11)12-2-4-16-13(8-12)15(25)26/h2,4-5,7-8,10H,3,6,9H2,1H3,(H,25,26). The van der Waals surface area contributed by atoms with Crippen molar-refractivity contribution in [3.63, 3.8) is 0 Å². The molecule has 0 saturated carbocycles. The molecular formula is C15H16N8O3. The maximum atomic E-state index is 12.2. The minimum absolute atomic E-state index is 0.0628. The molecule has 0 radical (unpaired) electrons. The van der Waals surface area contributed by atoms with Crippen molar-refractivity contribution in [1.29, 1.82) is 0 Å². The zero-order chi connectivity index (χ0) is 18.5. The first-order valence-electron chi connectivity index (χ1n) is 7.72. The van der Waals surface area contributed by atoms with Gasteiger partial charge in [-0.25, -0.2) is 14.5 Å². The Hall–Kier alpha value is -3.63. The molecule has 0 fully saturated rings. The molecule has 0 bridgehead atoms. The topological polar surface area (TPSA) is 132 Å². The quantitative estimate of drug-likeness (QED) is 0.626. The van der Waals surface area contributed by atoms with Gasteiger partial charge < -0.3 is 10.0 Å². The van der Waals surface area contributed by atoms with Crippen molar-refractivity contribution in [2.24, 2.45) is 0 Å². The van der Waals surface area contributed by atoms with Crippen molar-refractivity contribution in [3.05, 3.63) is 48.3 Å². The number of aromatic nitrogens is 7. The van der Waals surface area contributed by atoms with Crippen LogP contribution in [0.15, 0.2) is 36.9 Å². The lowest BCUT2D eigenvalue weighted by Crippen LogP contribution is -2.27. The third kappa shape index (κ3) is 4.06. The minimum atomic E-state index is -1.12. The van der Waals surface area contributed by atoms with E-state index in [0.29, 0.717) is 24.3 Å². The van der Waals surface area contributed by atoms with Crippen LogP contribution in [0.1, 0.15) is 22.6 Å². The third-order valence-electron chi connectivity index (χ3n) is 3.62. The first-order valence-corrected chi connectivity index (χ1v) is 7.72. The predicted octanol–water partition coefficient (Wildman–Crippen LogP) is 0.000700. The minimum Gasteiger partial charge on any atom is -0.477 e. The number of hydrogen-bond donors (Lipinski definition) is 1. The van der Waals surface area contributed by atoms with E-state index >= 15 is 0 Å². The fourth-order valence-electron chi connectivity index (χ4n) is 2.26. The zero-order valence-electron chi connectivity index (χ0n) is 13.9. The van der Waals surface area contributed by atoms with Crippen LogP contribution in [0.25, 0.3) is 5.69 Å². The monoisotopic (exact) mass is 356 g/mol. The molecule has 11 nitrogen and oxygen atoms in total. The van der Waals surface area contributed by atoms with Crippen LogP contribution in [0.2, 0.25) is 0 Å². The molecule has 3 heterocycles. The van der Waals surface area contributed by atoms with Crippen LogP contribution in [-0.2, 0) is 17.9 Å². The lowest BCUT2D eigenvalue weighted by atomic mass is 10.3. The highest BCUT2D eigenvalue weighted by molar-refractivity contribution is 5.85. The average molecular weight is 356 g/mol. The number of carbonyl (C=O) groups excluding carboxylic acids is 1. The molecule has 3 aromatic heterocycles. The van der Waals surface area contributed by atoms with Gasteiger partial charge in [0, 0.05) is 25.9 Å². The van der Waals surface area contributed by atoms with Crippen LogP contribution in [0.5, 0.6) is 0 Å². The molecular weight excluding hydrogens is 340 g/mol.